The molecule has 3 rings (SSSR count). The molecule has 130 valence electrons. The van der Waals surface area contributed by atoms with Crippen LogP contribution in [0, 0.1) is 0 Å². The fourth-order valence-corrected chi connectivity index (χ4v) is 4.52. The van der Waals surface area contributed by atoms with E-state index in [9.17, 15) is 13.2 Å². The van der Waals surface area contributed by atoms with Gasteiger partial charge in [-0.15, -0.1) is 0 Å². The van der Waals surface area contributed by atoms with Crippen LogP contribution in [-0.4, -0.2) is 44.1 Å². The normalized spacial score (nSPS) is 23.8. The lowest BCUT2D eigenvalue weighted by Gasteiger charge is -2.20. The Bertz CT molecular complexity index is 720. The van der Waals surface area contributed by atoms with E-state index in [0.717, 1.165) is 25.2 Å². The average molecular weight is 348 g/mol. The zero-order valence-electron chi connectivity index (χ0n) is 13.8. The molecule has 1 aromatic rings. The Labute approximate surface area is 143 Å². The molecule has 1 saturated heterocycles. The van der Waals surface area contributed by atoms with Gasteiger partial charge in [-0.3, -0.25) is 9.69 Å². The first kappa shape index (κ1) is 17.2. The number of nitrogens with one attached hydrogen (secondary N) is 1. The topological polar surface area (TPSA) is 66.5 Å². The highest BCUT2D eigenvalue weighted by Crippen LogP contribution is 2.15. The molecule has 0 aromatic heterocycles. The fraction of sp³-hybridized carbons (Fsp3) is 0.500. The van der Waals surface area contributed by atoms with E-state index in [2.05, 4.69) is 10.2 Å². The highest BCUT2D eigenvalue weighted by molar-refractivity contribution is 7.94. The summed E-state index contributed by atoms with van der Waals surface area (Å²) in [6.45, 7) is 3.08. The summed E-state index contributed by atoms with van der Waals surface area (Å²) in [7, 11) is -3.16. The molecule has 0 aliphatic carbocycles. The first-order chi connectivity index (χ1) is 11.5. The minimum atomic E-state index is -3.16. The minimum absolute atomic E-state index is 0.0494. The second-order valence-corrected chi connectivity index (χ2v) is 8.56. The molecule has 2 aliphatic rings. The number of nitrogens with zero attached hydrogens (tertiary/aromatic N) is 1. The van der Waals surface area contributed by atoms with Crippen molar-refractivity contribution < 1.29 is 13.2 Å². The third-order valence-corrected chi connectivity index (χ3v) is 5.94. The van der Waals surface area contributed by atoms with Crippen molar-refractivity contribution in [3.8, 4) is 0 Å². The quantitative estimate of drug-likeness (QED) is 0.905. The van der Waals surface area contributed by atoms with Crippen molar-refractivity contribution in [2.45, 2.75) is 38.3 Å². The van der Waals surface area contributed by atoms with Crippen molar-refractivity contribution in [3.63, 3.8) is 0 Å². The smallest absolute Gasteiger partial charge is 0.251 e. The second kappa shape index (κ2) is 7.49. The molecule has 0 unspecified atom stereocenters. The average Bonchev–Trinajstić information content (AvgIpc) is 2.75. The van der Waals surface area contributed by atoms with Crippen molar-refractivity contribution in [1.82, 2.24) is 10.2 Å². The fourth-order valence-electron chi connectivity index (χ4n) is 3.28. The molecule has 6 heteroatoms. The molecule has 1 aromatic carbocycles. The third kappa shape index (κ3) is 4.68. The molecule has 1 fully saturated rings. The van der Waals surface area contributed by atoms with Crippen LogP contribution < -0.4 is 5.32 Å². The Kier molecular flexibility index (Phi) is 5.36. The predicted octanol–water partition coefficient (Wildman–Crippen LogP) is 2.10. The Morgan fingerprint density at radius 2 is 1.92 bits per heavy atom. The summed E-state index contributed by atoms with van der Waals surface area (Å²) >= 11 is 0. The number of benzene rings is 1. The van der Waals surface area contributed by atoms with E-state index in [0.29, 0.717) is 5.56 Å². The van der Waals surface area contributed by atoms with Gasteiger partial charge in [-0.2, -0.15) is 0 Å². The van der Waals surface area contributed by atoms with E-state index in [1.807, 2.05) is 18.2 Å². The van der Waals surface area contributed by atoms with E-state index in [1.54, 1.807) is 6.07 Å². The maximum absolute atomic E-state index is 12.4. The first-order valence-corrected chi connectivity index (χ1v) is 10.3. The molecule has 1 amide bonds. The third-order valence-electron chi connectivity index (χ3n) is 4.54. The van der Waals surface area contributed by atoms with Gasteiger partial charge in [0.2, 0.25) is 0 Å². The number of sulfone groups is 1. The Balaban J connectivity index is 1.62. The number of amides is 1. The molecule has 2 heterocycles. The van der Waals surface area contributed by atoms with E-state index in [4.69, 9.17) is 0 Å². The zero-order valence-corrected chi connectivity index (χ0v) is 14.6. The number of carbonyl (C=O) groups is 1. The van der Waals surface area contributed by atoms with Gasteiger partial charge in [0.1, 0.15) is 0 Å². The highest BCUT2D eigenvalue weighted by atomic mass is 32.2. The van der Waals surface area contributed by atoms with E-state index in [-0.39, 0.29) is 11.7 Å². The van der Waals surface area contributed by atoms with Gasteiger partial charge < -0.3 is 5.32 Å². The van der Waals surface area contributed by atoms with Gasteiger partial charge >= 0.3 is 0 Å². The monoisotopic (exact) mass is 348 g/mol. The highest BCUT2D eigenvalue weighted by Gasteiger charge is 2.23. The van der Waals surface area contributed by atoms with E-state index >= 15 is 0 Å². The van der Waals surface area contributed by atoms with Crippen molar-refractivity contribution in [2.24, 2.45) is 0 Å². The molecule has 2 aliphatic heterocycles. The largest absolute Gasteiger partial charge is 0.345 e. The summed E-state index contributed by atoms with van der Waals surface area (Å²) in [5, 5.41) is 3.95. The van der Waals surface area contributed by atoms with Crippen molar-refractivity contribution in [2.75, 3.05) is 18.8 Å². The van der Waals surface area contributed by atoms with Gasteiger partial charge in [0, 0.05) is 17.5 Å². The van der Waals surface area contributed by atoms with Crippen molar-refractivity contribution >= 4 is 15.7 Å². The predicted molar refractivity (Wildman–Crippen MR) is 94.4 cm³/mol. The molecule has 0 radical (unpaired) electrons. The summed E-state index contributed by atoms with van der Waals surface area (Å²) in [6, 6.07) is 7.18. The maximum Gasteiger partial charge on any atom is 0.251 e. The molecule has 1 atom stereocenters. The summed E-state index contributed by atoms with van der Waals surface area (Å²) in [4.78, 5) is 14.8. The van der Waals surface area contributed by atoms with Gasteiger partial charge in [0.25, 0.3) is 5.91 Å². The lowest BCUT2D eigenvalue weighted by molar-refractivity contribution is 0.0947. The molecule has 1 N–H and O–H groups in total. The number of hydrogen-bond acceptors (Lipinski definition) is 4. The van der Waals surface area contributed by atoms with Crippen LogP contribution in [0.1, 0.15) is 41.6 Å². The molecule has 0 spiro atoms. The second-order valence-electron chi connectivity index (χ2n) is 6.63. The number of rotatable bonds is 4. The standard InChI is InChI=1S/C18H24N2O3S/c21-18(19-17-8-11-24(22,23)14-17)16-7-5-6-15(12-16)13-20-9-3-1-2-4-10-20/h5-8,11-12,17H,1-4,9-10,13-14H2,(H,19,21)/t17-/m1/s1. The van der Waals surface area contributed by atoms with Crippen molar-refractivity contribution in [1.29, 1.82) is 0 Å². The summed E-state index contributed by atoms with van der Waals surface area (Å²) in [6.07, 6.45) is 6.62. The van der Waals surface area contributed by atoms with Crippen LogP contribution in [0.3, 0.4) is 0 Å². The Morgan fingerprint density at radius 3 is 2.58 bits per heavy atom. The summed E-state index contributed by atoms with van der Waals surface area (Å²) in [5.74, 6) is -0.272. The maximum atomic E-state index is 12.4. The van der Waals surface area contributed by atoms with Gasteiger partial charge in [-0.05, 0) is 49.7 Å². The van der Waals surface area contributed by atoms with Gasteiger partial charge in [0.05, 0.1) is 11.8 Å². The molecule has 24 heavy (non-hydrogen) atoms. The Morgan fingerprint density at radius 1 is 1.17 bits per heavy atom. The van der Waals surface area contributed by atoms with Crippen LogP contribution in [0.15, 0.2) is 35.7 Å². The summed E-state index contributed by atoms with van der Waals surface area (Å²) < 4.78 is 22.8. The van der Waals surface area contributed by atoms with Crippen LogP contribution in [-0.2, 0) is 16.4 Å². The SMILES string of the molecule is O=C(N[C@@H]1C=CS(=O)(=O)C1)c1cccc(CN2CCCCCC2)c1. The molecule has 5 nitrogen and oxygen atoms in total. The lowest BCUT2D eigenvalue weighted by Crippen LogP contribution is -2.35. The van der Waals surface area contributed by atoms with Gasteiger partial charge in [-0.1, -0.05) is 25.0 Å². The van der Waals surface area contributed by atoms with Crippen LogP contribution in [0.25, 0.3) is 0 Å². The minimum Gasteiger partial charge on any atom is -0.345 e. The van der Waals surface area contributed by atoms with Crippen LogP contribution >= 0.6 is 0 Å². The van der Waals surface area contributed by atoms with E-state index < -0.39 is 15.9 Å². The molecule has 0 saturated carbocycles. The molecular formula is C18H24N2O3S. The molecular weight excluding hydrogens is 324 g/mol. The molecule has 0 bridgehead atoms. The zero-order chi connectivity index (χ0) is 17.0. The van der Waals surface area contributed by atoms with Crippen LogP contribution in [0.4, 0.5) is 0 Å². The number of likely N-dealkylation sites (tertiary alicyclic amines) is 1. The summed E-state index contributed by atoms with van der Waals surface area (Å²) in [5.41, 5.74) is 1.71. The first-order valence-electron chi connectivity index (χ1n) is 8.55. The van der Waals surface area contributed by atoms with Crippen LogP contribution in [0.2, 0.25) is 0 Å². The number of carbonyl (C=O) groups excluding carboxylic acids is 1. The van der Waals surface area contributed by atoms with Crippen LogP contribution in [0.5, 0.6) is 0 Å². The van der Waals surface area contributed by atoms with E-state index in [1.165, 1.54) is 37.2 Å². The lowest BCUT2D eigenvalue weighted by atomic mass is 10.1. The van der Waals surface area contributed by atoms with Gasteiger partial charge in [-0.25, -0.2) is 8.42 Å². The Hall–Kier alpha value is -1.66. The van der Waals surface area contributed by atoms with Gasteiger partial charge in [0.15, 0.2) is 9.84 Å². The van der Waals surface area contributed by atoms with Crippen molar-refractivity contribution in [3.05, 3.63) is 46.9 Å². The number of hydrogen-bond donors (Lipinski definition) is 1.